The van der Waals surface area contributed by atoms with Crippen LogP contribution < -0.4 is 0 Å². The predicted molar refractivity (Wildman–Crippen MR) is 129 cm³/mol. The zero-order chi connectivity index (χ0) is 19.8. The Morgan fingerprint density at radius 3 is 1.93 bits per heavy atom. The quantitative estimate of drug-likeness (QED) is 0.267. The van der Waals surface area contributed by atoms with Gasteiger partial charge < -0.3 is 10.0 Å². The molecule has 0 heterocycles. The van der Waals surface area contributed by atoms with Crippen LogP contribution in [-0.4, -0.2) is 29.6 Å². The van der Waals surface area contributed by atoms with Crippen molar-refractivity contribution in [3.8, 4) is 0 Å². The number of unbranched alkanes of at least 4 members (excludes halogenated alkanes) is 4. The summed E-state index contributed by atoms with van der Waals surface area (Å²) in [5, 5.41) is 16.1. The number of benzene rings is 3. The second kappa shape index (κ2) is 12.2. The summed E-state index contributed by atoms with van der Waals surface area (Å²) in [7, 11) is 0. The molecule has 0 saturated heterocycles. The van der Waals surface area contributed by atoms with Gasteiger partial charge in [-0.3, -0.25) is 0 Å². The molecule has 1 unspecified atom stereocenters. The van der Waals surface area contributed by atoms with E-state index in [1.165, 1.54) is 60.1 Å². The molecule has 1 N–H and O–H groups in total. The van der Waals surface area contributed by atoms with Crippen molar-refractivity contribution in [2.75, 3.05) is 19.6 Å². The molecule has 0 radical (unpaired) electrons. The van der Waals surface area contributed by atoms with Gasteiger partial charge in [0.15, 0.2) is 0 Å². The van der Waals surface area contributed by atoms with E-state index in [1.807, 2.05) is 0 Å². The van der Waals surface area contributed by atoms with Gasteiger partial charge in [0.1, 0.15) is 0 Å². The Morgan fingerprint density at radius 2 is 1.31 bits per heavy atom. The molecule has 2 nitrogen and oxygen atoms in total. The molecule has 3 heteroatoms. The fourth-order valence-corrected chi connectivity index (χ4v) is 4.17. The summed E-state index contributed by atoms with van der Waals surface area (Å²) < 4.78 is 0. The van der Waals surface area contributed by atoms with E-state index in [2.05, 4.69) is 73.3 Å². The van der Waals surface area contributed by atoms with Crippen LogP contribution in [0.1, 0.15) is 64.0 Å². The van der Waals surface area contributed by atoms with Crippen molar-refractivity contribution in [1.82, 2.24) is 4.90 Å². The van der Waals surface area contributed by atoms with Crippen LogP contribution in [0.5, 0.6) is 0 Å². The zero-order valence-electron chi connectivity index (χ0n) is 17.9. The number of aliphatic hydroxyl groups is 1. The molecule has 0 aromatic heterocycles. The topological polar surface area (TPSA) is 23.5 Å². The highest BCUT2D eigenvalue weighted by Crippen LogP contribution is 2.32. The Bertz CT molecular complexity index is 869. The number of rotatable bonds is 11. The summed E-state index contributed by atoms with van der Waals surface area (Å²) in [5.74, 6) is 0. The zero-order valence-corrected chi connectivity index (χ0v) is 18.8. The monoisotopic (exact) mass is 413 g/mol. The third-order valence-corrected chi connectivity index (χ3v) is 5.75. The normalized spacial score (nSPS) is 12.4. The SMILES string of the molecule is CCCCCN(CCCCC)CC(O)c1cc2ccccc2c2ccccc12.Cl. The maximum Gasteiger partial charge on any atom is 0.0923 e. The maximum atomic E-state index is 11.2. The molecule has 3 aromatic carbocycles. The van der Waals surface area contributed by atoms with Crippen LogP contribution in [0.3, 0.4) is 0 Å². The minimum absolute atomic E-state index is 0. The third-order valence-electron chi connectivity index (χ3n) is 5.75. The molecule has 3 aromatic rings. The molecule has 0 saturated carbocycles. The van der Waals surface area contributed by atoms with Crippen molar-refractivity contribution in [1.29, 1.82) is 0 Å². The number of hydrogen-bond donors (Lipinski definition) is 1. The molecule has 3 rings (SSSR count). The first-order valence-corrected chi connectivity index (χ1v) is 11.1. The van der Waals surface area contributed by atoms with E-state index in [0.29, 0.717) is 0 Å². The Labute approximate surface area is 182 Å². The van der Waals surface area contributed by atoms with E-state index in [0.717, 1.165) is 25.2 Å². The van der Waals surface area contributed by atoms with Crippen LogP contribution >= 0.6 is 12.4 Å². The van der Waals surface area contributed by atoms with E-state index >= 15 is 0 Å². The van der Waals surface area contributed by atoms with Gasteiger partial charge >= 0.3 is 0 Å². The highest BCUT2D eigenvalue weighted by atomic mass is 35.5. The lowest BCUT2D eigenvalue weighted by molar-refractivity contribution is 0.112. The van der Waals surface area contributed by atoms with Crippen LogP contribution in [-0.2, 0) is 0 Å². The number of nitrogens with zero attached hydrogens (tertiary/aromatic N) is 1. The summed E-state index contributed by atoms with van der Waals surface area (Å²) >= 11 is 0. The summed E-state index contributed by atoms with van der Waals surface area (Å²) in [6.07, 6.45) is 6.97. The van der Waals surface area contributed by atoms with E-state index < -0.39 is 6.10 Å². The van der Waals surface area contributed by atoms with Crippen molar-refractivity contribution in [3.05, 3.63) is 60.2 Å². The van der Waals surface area contributed by atoms with Crippen molar-refractivity contribution in [2.45, 2.75) is 58.5 Å². The Hall–Kier alpha value is -1.61. The van der Waals surface area contributed by atoms with Gasteiger partial charge in [0.05, 0.1) is 6.10 Å². The molecule has 1 atom stereocenters. The molecule has 0 aliphatic heterocycles. The van der Waals surface area contributed by atoms with Crippen LogP contribution in [0.2, 0.25) is 0 Å². The largest absolute Gasteiger partial charge is 0.387 e. The first-order valence-electron chi connectivity index (χ1n) is 11.1. The average Bonchev–Trinajstić information content (AvgIpc) is 2.73. The third kappa shape index (κ3) is 6.18. The Morgan fingerprint density at radius 1 is 0.759 bits per heavy atom. The molecule has 0 aliphatic rings. The second-order valence-corrected chi connectivity index (χ2v) is 7.96. The smallest absolute Gasteiger partial charge is 0.0923 e. The Balaban J connectivity index is 0.00000300. The first kappa shape index (κ1) is 23.7. The molecular formula is C26H36ClNO. The molecule has 29 heavy (non-hydrogen) atoms. The predicted octanol–water partition coefficient (Wildman–Crippen LogP) is 7.13. The van der Waals surface area contributed by atoms with Crippen molar-refractivity contribution in [2.24, 2.45) is 0 Å². The van der Waals surface area contributed by atoms with Gasteiger partial charge in [-0.2, -0.15) is 0 Å². The van der Waals surface area contributed by atoms with Gasteiger partial charge in [-0.15, -0.1) is 12.4 Å². The molecule has 0 bridgehead atoms. The van der Waals surface area contributed by atoms with Crippen molar-refractivity contribution >= 4 is 34.0 Å². The van der Waals surface area contributed by atoms with Crippen LogP contribution in [0.4, 0.5) is 0 Å². The molecule has 0 spiro atoms. The van der Waals surface area contributed by atoms with Gasteiger partial charge in [0.25, 0.3) is 0 Å². The van der Waals surface area contributed by atoms with E-state index in [-0.39, 0.29) is 12.4 Å². The first-order chi connectivity index (χ1) is 13.7. The molecule has 0 aliphatic carbocycles. The lowest BCUT2D eigenvalue weighted by Gasteiger charge is -2.26. The summed E-state index contributed by atoms with van der Waals surface area (Å²) in [5.41, 5.74) is 1.06. The van der Waals surface area contributed by atoms with Crippen molar-refractivity contribution < 1.29 is 5.11 Å². The minimum Gasteiger partial charge on any atom is -0.387 e. The fraction of sp³-hybridized carbons (Fsp3) is 0.462. The minimum atomic E-state index is -0.460. The lowest BCUT2D eigenvalue weighted by Crippen LogP contribution is -2.31. The highest BCUT2D eigenvalue weighted by molar-refractivity contribution is 6.09. The van der Waals surface area contributed by atoms with Crippen LogP contribution in [0.15, 0.2) is 54.6 Å². The summed E-state index contributed by atoms with van der Waals surface area (Å²) in [6.45, 7) is 7.38. The van der Waals surface area contributed by atoms with Crippen LogP contribution in [0, 0.1) is 0 Å². The average molecular weight is 414 g/mol. The molecule has 158 valence electrons. The van der Waals surface area contributed by atoms with Crippen LogP contribution in [0.25, 0.3) is 21.5 Å². The van der Waals surface area contributed by atoms with E-state index in [9.17, 15) is 5.11 Å². The number of halogens is 1. The maximum absolute atomic E-state index is 11.2. The number of aliphatic hydroxyl groups excluding tert-OH is 1. The summed E-state index contributed by atoms with van der Waals surface area (Å²) in [6, 6.07) is 19.2. The molecule has 0 amide bonds. The summed E-state index contributed by atoms with van der Waals surface area (Å²) in [4.78, 5) is 2.47. The van der Waals surface area contributed by atoms with Crippen molar-refractivity contribution in [3.63, 3.8) is 0 Å². The van der Waals surface area contributed by atoms with E-state index in [1.54, 1.807) is 0 Å². The highest BCUT2D eigenvalue weighted by Gasteiger charge is 2.17. The molecular weight excluding hydrogens is 378 g/mol. The van der Waals surface area contributed by atoms with Gasteiger partial charge in [-0.05, 0) is 59.1 Å². The standard InChI is InChI=1S/C26H35NO.ClH/c1-3-5-11-17-27(18-12-6-4-2)20-26(28)25-19-21-13-7-8-14-22(21)23-15-9-10-16-24(23)25;/h7-10,13-16,19,26,28H,3-6,11-12,17-18,20H2,1-2H3;1H. The number of fused-ring (bicyclic) bond motifs is 3. The van der Waals surface area contributed by atoms with E-state index in [4.69, 9.17) is 0 Å². The van der Waals surface area contributed by atoms with Gasteiger partial charge in [0, 0.05) is 6.54 Å². The lowest BCUT2D eigenvalue weighted by atomic mass is 9.94. The molecule has 0 fully saturated rings. The fourth-order valence-electron chi connectivity index (χ4n) is 4.17. The van der Waals surface area contributed by atoms with Gasteiger partial charge in [-0.1, -0.05) is 88.1 Å². The van der Waals surface area contributed by atoms with Gasteiger partial charge in [0.2, 0.25) is 0 Å². The Kier molecular flexibility index (Phi) is 9.93. The number of hydrogen-bond acceptors (Lipinski definition) is 2. The van der Waals surface area contributed by atoms with Gasteiger partial charge in [-0.25, -0.2) is 0 Å². The second-order valence-electron chi connectivity index (χ2n) is 7.96.